The molecule has 0 radical (unpaired) electrons. The Morgan fingerprint density at radius 2 is 2.06 bits per heavy atom. The minimum absolute atomic E-state index is 0.0618. The van der Waals surface area contributed by atoms with Gasteiger partial charge < -0.3 is 19.5 Å². The van der Waals surface area contributed by atoms with Crippen LogP contribution in [0.1, 0.15) is 59.3 Å². The topological polar surface area (TPSA) is 102 Å². The number of nitrogens with zero attached hydrogens (tertiary/aromatic N) is 2. The molecule has 33 heavy (non-hydrogen) atoms. The quantitative estimate of drug-likeness (QED) is 0.455. The number of rotatable bonds is 2. The zero-order valence-corrected chi connectivity index (χ0v) is 18.4. The van der Waals surface area contributed by atoms with Crippen molar-refractivity contribution in [1.82, 2.24) is 9.55 Å². The Bertz CT molecular complexity index is 1450. The zero-order chi connectivity index (χ0) is 23.2. The van der Waals surface area contributed by atoms with Crippen LogP contribution in [0.25, 0.3) is 22.3 Å². The molecular weight excluding hydrogens is 427 g/mol. The third kappa shape index (κ3) is 2.48. The van der Waals surface area contributed by atoms with Crippen LogP contribution in [0.5, 0.6) is 0 Å². The highest BCUT2D eigenvalue weighted by molar-refractivity contribution is 5.93. The van der Waals surface area contributed by atoms with Gasteiger partial charge in [0.2, 0.25) is 0 Å². The highest BCUT2D eigenvalue weighted by atomic mass is 19.1. The summed E-state index contributed by atoms with van der Waals surface area (Å²) in [6, 6.07) is 3.05. The van der Waals surface area contributed by atoms with Crippen molar-refractivity contribution in [2.24, 2.45) is 0 Å². The van der Waals surface area contributed by atoms with Crippen LogP contribution in [0.2, 0.25) is 0 Å². The SMILES string of the molecule is CCC1(CO)CCc2c(C)c(F)cc3nc4c(c1c23)Cn1c-4cc2c(c1=O)COC(=O)C2O. The smallest absolute Gasteiger partial charge is 0.340 e. The molecular formula is C25H23FN2O5. The van der Waals surface area contributed by atoms with Crippen molar-refractivity contribution in [2.75, 3.05) is 6.61 Å². The first-order valence-corrected chi connectivity index (χ1v) is 11.2. The van der Waals surface area contributed by atoms with Crippen LogP contribution in [0.3, 0.4) is 0 Å². The molecule has 2 aliphatic heterocycles. The monoisotopic (exact) mass is 450 g/mol. The number of halogens is 1. The number of fused-ring (bicyclic) bond motifs is 5. The van der Waals surface area contributed by atoms with E-state index in [1.54, 1.807) is 17.6 Å². The third-order valence-electron chi connectivity index (χ3n) is 7.94. The normalized spacial score (nSPS) is 22.7. The maximum atomic E-state index is 14.8. The zero-order valence-electron chi connectivity index (χ0n) is 18.4. The molecule has 0 spiro atoms. The van der Waals surface area contributed by atoms with Crippen molar-refractivity contribution in [3.8, 4) is 11.4 Å². The summed E-state index contributed by atoms with van der Waals surface area (Å²) in [5, 5.41) is 21.8. The predicted molar refractivity (Wildman–Crippen MR) is 117 cm³/mol. The van der Waals surface area contributed by atoms with Gasteiger partial charge in [-0.25, -0.2) is 14.2 Å². The summed E-state index contributed by atoms with van der Waals surface area (Å²) in [5.41, 5.74) is 4.40. The molecule has 3 aromatic rings. The molecule has 3 aliphatic rings. The number of carbonyl (C=O) groups is 1. The summed E-state index contributed by atoms with van der Waals surface area (Å²) in [6.45, 7) is 3.81. The fourth-order valence-electron chi connectivity index (χ4n) is 5.94. The summed E-state index contributed by atoms with van der Waals surface area (Å²) in [5.74, 6) is -1.12. The molecule has 0 saturated carbocycles. The standard InChI is InChI=1S/C25H23FN2O5/c1-3-25(10-29)5-4-12-11(2)16(26)7-17-19(12)20(25)14-8-28-18(21(14)27-17)6-13-15(23(28)31)9-33-24(32)22(13)30/h6-7,22,29-30H,3-5,8-10H2,1-2H3. The Labute approximate surface area is 188 Å². The number of aromatic nitrogens is 2. The average Bonchev–Trinajstić information content (AvgIpc) is 3.18. The van der Waals surface area contributed by atoms with Gasteiger partial charge in [0.1, 0.15) is 12.4 Å². The molecule has 6 rings (SSSR count). The number of aliphatic hydroxyl groups excluding tert-OH is 2. The Morgan fingerprint density at radius 3 is 2.79 bits per heavy atom. The molecule has 8 heteroatoms. The second-order valence-electron chi connectivity index (χ2n) is 9.33. The summed E-state index contributed by atoms with van der Waals surface area (Å²) >= 11 is 0. The number of cyclic esters (lactones) is 1. The van der Waals surface area contributed by atoms with E-state index in [1.165, 1.54) is 6.07 Å². The fourth-order valence-corrected chi connectivity index (χ4v) is 5.94. The predicted octanol–water partition coefficient (Wildman–Crippen LogP) is 2.55. The minimum atomic E-state index is -1.53. The lowest BCUT2D eigenvalue weighted by molar-refractivity contribution is -0.157. The van der Waals surface area contributed by atoms with Crippen LogP contribution in [0.4, 0.5) is 4.39 Å². The number of pyridine rings is 2. The summed E-state index contributed by atoms with van der Waals surface area (Å²) in [7, 11) is 0. The van der Waals surface area contributed by atoms with Gasteiger partial charge in [0, 0.05) is 28.0 Å². The lowest BCUT2D eigenvalue weighted by Crippen LogP contribution is -2.35. The molecule has 170 valence electrons. The second-order valence-corrected chi connectivity index (χ2v) is 9.33. The van der Waals surface area contributed by atoms with Gasteiger partial charge in [-0.1, -0.05) is 6.92 Å². The third-order valence-corrected chi connectivity index (χ3v) is 7.94. The van der Waals surface area contributed by atoms with Crippen molar-refractivity contribution in [3.05, 3.63) is 61.7 Å². The molecule has 2 atom stereocenters. The largest absolute Gasteiger partial charge is 0.458 e. The van der Waals surface area contributed by atoms with Crippen molar-refractivity contribution < 1.29 is 24.1 Å². The number of ether oxygens (including phenoxy) is 1. The number of hydrogen-bond donors (Lipinski definition) is 2. The van der Waals surface area contributed by atoms with E-state index in [0.29, 0.717) is 41.7 Å². The molecule has 2 aromatic heterocycles. The molecule has 2 unspecified atom stereocenters. The number of benzene rings is 1. The van der Waals surface area contributed by atoms with Gasteiger partial charge in [0.05, 0.1) is 35.6 Å². The first-order valence-electron chi connectivity index (χ1n) is 11.2. The van der Waals surface area contributed by atoms with Crippen molar-refractivity contribution in [1.29, 1.82) is 0 Å². The number of esters is 1. The van der Waals surface area contributed by atoms with Crippen LogP contribution in [0, 0.1) is 12.7 Å². The molecule has 0 fully saturated rings. The Hall–Kier alpha value is -3.10. The molecule has 1 aromatic carbocycles. The van der Waals surface area contributed by atoms with E-state index in [1.807, 2.05) is 6.92 Å². The Kier molecular flexibility index (Phi) is 4.17. The van der Waals surface area contributed by atoms with E-state index in [-0.39, 0.29) is 42.3 Å². The van der Waals surface area contributed by atoms with E-state index < -0.39 is 17.5 Å². The van der Waals surface area contributed by atoms with Crippen molar-refractivity contribution in [2.45, 2.75) is 57.8 Å². The molecule has 0 saturated heterocycles. The average molecular weight is 450 g/mol. The van der Waals surface area contributed by atoms with Crippen LogP contribution in [0.15, 0.2) is 16.9 Å². The summed E-state index contributed by atoms with van der Waals surface area (Å²) in [4.78, 5) is 30.0. The number of hydrogen-bond acceptors (Lipinski definition) is 6. The molecule has 1 aliphatic carbocycles. The Balaban J connectivity index is 1.73. The number of aryl methyl sites for hydroxylation is 1. The second kappa shape index (κ2) is 6.71. The van der Waals surface area contributed by atoms with Gasteiger partial charge in [0.25, 0.3) is 5.56 Å². The van der Waals surface area contributed by atoms with Crippen LogP contribution < -0.4 is 5.56 Å². The maximum Gasteiger partial charge on any atom is 0.340 e. The Morgan fingerprint density at radius 1 is 1.27 bits per heavy atom. The van der Waals surface area contributed by atoms with Gasteiger partial charge in [-0.15, -0.1) is 0 Å². The van der Waals surface area contributed by atoms with Crippen molar-refractivity contribution in [3.63, 3.8) is 0 Å². The molecule has 0 bridgehead atoms. The van der Waals surface area contributed by atoms with Gasteiger partial charge in [-0.05, 0) is 48.9 Å². The van der Waals surface area contributed by atoms with E-state index >= 15 is 0 Å². The van der Waals surface area contributed by atoms with E-state index in [0.717, 1.165) is 22.1 Å². The first kappa shape index (κ1) is 20.5. The van der Waals surface area contributed by atoms with Crippen molar-refractivity contribution >= 4 is 16.9 Å². The van der Waals surface area contributed by atoms with E-state index in [2.05, 4.69) is 0 Å². The summed E-state index contributed by atoms with van der Waals surface area (Å²) in [6.07, 6.45) is 0.475. The number of carbonyl (C=O) groups excluding carboxylic acids is 1. The van der Waals surface area contributed by atoms with Gasteiger partial charge in [-0.2, -0.15) is 0 Å². The maximum absolute atomic E-state index is 14.8. The van der Waals surface area contributed by atoms with Gasteiger partial charge >= 0.3 is 5.97 Å². The van der Waals surface area contributed by atoms with Crippen LogP contribution in [-0.4, -0.2) is 32.3 Å². The lowest BCUT2D eigenvalue weighted by Gasteiger charge is -2.38. The fraction of sp³-hybridized carbons (Fsp3) is 0.400. The molecule has 2 N–H and O–H groups in total. The first-order chi connectivity index (χ1) is 15.8. The minimum Gasteiger partial charge on any atom is -0.458 e. The highest BCUT2D eigenvalue weighted by Gasteiger charge is 2.42. The van der Waals surface area contributed by atoms with Crippen LogP contribution >= 0.6 is 0 Å². The molecule has 0 amide bonds. The highest BCUT2D eigenvalue weighted by Crippen LogP contribution is 2.49. The van der Waals surface area contributed by atoms with E-state index in [4.69, 9.17) is 9.72 Å². The molecule has 4 heterocycles. The molecule has 7 nitrogen and oxygen atoms in total. The lowest BCUT2D eigenvalue weighted by atomic mass is 9.66. The number of aliphatic hydroxyl groups is 2. The van der Waals surface area contributed by atoms with Crippen LogP contribution in [-0.2, 0) is 34.5 Å². The van der Waals surface area contributed by atoms with Gasteiger partial charge in [-0.3, -0.25) is 4.79 Å². The van der Waals surface area contributed by atoms with Gasteiger partial charge in [0.15, 0.2) is 6.10 Å². The van der Waals surface area contributed by atoms with E-state index in [9.17, 15) is 24.2 Å². The summed E-state index contributed by atoms with van der Waals surface area (Å²) < 4.78 is 21.4.